The van der Waals surface area contributed by atoms with Crippen molar-refractivity contribution in [2.75, 3.05) is 26.0 Å². The van der Waals surface area contributed by atoms with Crippen molar-refractivity contribution in [3.05, 3.63) is 65.7 Å². The Labute approximate surface area is 131 Å². The Morgan fingerprint density at radius 1 is 0.952 bits per heavy atom. The second kappa shape index (κ2) is 6.99. The van der Waals surface area contributed by atoms with Crippen molar-refractivity contribution in [2.45, 2.75) is 0 Å². The van der Waals surface area contributed by atoms with Crippen molar-refractivity contribution < 1.29 is 0 Å². The molecule has 0 fully saturated rings. The summed E-state index contributed by atoms with van der Waals surface area (Å²) in [4.78, 5) is 2.77. The second-order valence-corrected chi connectivity index (χ2v) is 5.31. The first kappa shape index (κ1) is 15.2. The van der Waals surface area contributed by atoms with Crippen LogP contribution >= 0.6 is 12.2 Å². The van der Waals surface area contributed by atoms with Crippen LogP contribution in [0, 0.1) is 0 Å². The lowest BCUT2D eigenvalue weighted by Gasteiger charge is -2.14. The van der Waals surface area contributed by atoms with E-state index < -0.39 is 0 Å². The van der Waals surface area contributed by atoms with Crippen LogP contribution in [0.5, 0.6) is 0 Å². The van der Waals surface area contributed by atoms with Gasteiger partial charge >= 0.3 is 0 Å². The number of rotatable bonds is 4. The molecule has 0 aliphatic carbocycles. The summed E-state index contributed by atoms with van der Waals surface area (Å²) in [7, 11) is 5.91. The van der Waals surface area contributed by atoms with E-state index in [1.54, 1.807) is 5.01 Å². The highest BCUT2D eigenvalue weighted by Crippen LogP contribution is 2.11. The molecular formula is C17H19N3S. The molecule has 3 nitrogen and oxygen atoms in total. The SMILES string of the molecule is CN(N=Cc1ccc(N(C)C)cc1)C(=S)c1ccccc1. The van der Waals surface area contributed by atoms with Gasteiger partial charge in [-0.1, -0.05) is 54.7 Å². The molecule has 0 unspecified atom stereocenters. The summed E-state index contributed by atoms with van der Waals surface area (Å²) in [5, 5.41) is 6.11. The molecule has 0 amide bonds. The molecule has 2 rings (SSSR count). The van der Waals surface area contributed by atoms with Crippen LogP contribution in [-0.4, -0.2) is 37.4 Å². The van der Waals surface area contributed by atoms with Gasteiger partial charge in [-0.25, -0.2) is 0 Å². The minimum atomic E-state index is 0.705. The molecule has 0 saturated heterocycles. The highest BCUT2D eigenvalue weighted by molar-refractivity contribution is 7.80. The van der Waals surface area contributed by atoms with E-state index in [9.17, 15) is 0 Å². The largest absolute Gasteiger partial charge is 0.378 e. The van der Waals surface area contributed by atoms with E-state index in [0.29, 0.717) is 4.99 Å². The lowest BCUT2D eigenvalue weighted by molar-refractivity contribution is 0.559. The number of anilines is 1. The van der Waals surface area contributed by atoms with Gasteiger partial charge < -0.3 is 4.90 Å². The number of hydrazone groups is 1. The van der Waals surface area contributed by atoms with Crippen LogP contribution in [0.2, 0.25) is 0 Å². The Hall–Kier alpha value is -2.20. The molecule has 0 spiro atoms. The minimum absolute atomic E-state index is 0.705. The third kappa shape index (κ3) is 4.13. The monoisotopic (exact) mass is 297 g/mol. The van der Waals surface area contributed by atoms with Crippen molar-refractivity contribution in [1.82, 2.24) is 5.01 Å². The molecule has 0 bridgehead atoms. The van der Waals surface area contributed by atoms with E-state index in [4.69, 9.17) is 12.2 Å². The van der Waals surface area contributed by atoms with Crippen molar-refractivity contribution in [1.29, 1.82) is 0 Å². The van der Waals surface area contributed by atoms with Crippen molar-refractivity contribution >= 4 is 29.1 Å². The van der Waals surface area contributed by atoms with Crippen LogP contribution in [0.3, 0.4) is 0 Å². The Balaban J connectivity index is 2.05. The van der Waals surface area contributed by atoms with Crippen LogP contribution < -0.4 is 4.90 Å². The fraction of sp³-hybridized carbons (Fsp3) is 0.176. The fourth-order valence-corrected chi connectivity index (χ4v) is 2.02. The van der Waals surface area contributed by atoms with Gasteiger partial charge in [0.1, 0.15) is 4.99 Å². The zero-order valence-corrected chi connectivity index (χ0v) is 13.3. The molecule has 2 aromatic rings. The highest BCUT2D eigenvalue weighted by atomic mass is 32.1. The average molecular weight is 297 g/mol. The van der Waals surface area contributed by atoms with Gasteiger partial charge in [0.2, 0.25) is 0 Å². The summed E-state index contributed by atoms with van der Waals surface area (Å²) in [5.74, 6) is 0. The van der Waals surface area contributed by atoms with Crippen LogP contribution in [-0.2, 0) is 0 Å². The zero-order chi connectivity index (χ0) is 15.2. The van der Waals surface area contributed by atoms with Gasteiger partial charge in [0.25, 0.3) is 0 Å². The smallest absolute Gasteiger partial charge is 0.129 e. The van der Waals surface area contributed by atoms with Gasteiger partial charge in [0, 0.05) is 32.4 Å². The Morgan fingerprint density at radius 2 is 1.57 bits per heavy atom. The Kier molecular flexibility index (Phi) is 5.06. The average Bonchev–Trinajstić information content (AvgIpc) is 2.53. The molecule has 4 heteroatoms. The Bertz CT molecular complexity index is 618. The lowest BCUT2D eigenvalue weighted by atomic mass is 10.2. The molecular weight excluding hydrogens is 278 g/mol. The van der Waals surface area contributed by atoms with E-state index in [-0.39, 0.29) is 0 Å². The van der Waals surface area contributed by atoms with Gasteiger partial charge in [-0.15, -0.1) is 0 Å². The van der Waals surface area contributed by atoms with Crippen LogP contribution in [0.15, 0.2) is 59.7 Å². The summed E-state index contributed by atoms with van der Waals surface area (Å²) in [6.45, 7) is 0. The second-order valence-electron chi connectivity index (χ2n) is 4.93. The maximum Gasteiger partial charge on any atom is 0.129 e. The topological polar surface area (TPSA) is 18.8 Å². The van der Waals surface area contributed by atoms with E-state index in [1.807, 2.05) is 69.8 Å². The third-order valence-electron chi connectivity index (χ3n) is 3.10. The molecule has 0 aliphatic rings. The van der Waals surface area contributed by atoms with Gasteiger partial charge in [-0.3, -0.25) is 5.01 Å². The van der Waals surface area contributed by atoms with E-state index in [1.165, 1.54) is 5.69 Å². The first-order chi connectivity index (χ1) is 10.1. The molecule has 0 aromatic heterocycles. The molecule has 0 N–H and O–H groups in total. The fourth-order valence-electron chi connectivity index (χ4n) is 1.83. The number of benzene rings is 2. The van der Waals surface area contributed by atoms with Crippen molar-refractivity contribution in [2.24, 2.45) is 5.10 Å². The maximum atomic E-state index is 5.42. The predicted molar refractivity (Wildman–Crippen MR) is 94.3 cm³/mol. The summed E-state index contributed by atoms with van der Waals surface area (Å²) < 4.78 is 0. The van der Waals surface area contributed by atoms with Crippen LogP contribution in [0.1, 0.15) is 11.1 Å². The van der Waals surface area contributed by atoms with Crippen molar-refractivity contribution in [3.8, 4) is 0 Å². The van der Waals surface area contributed by atoms with E-state index in [0.717, 1.165) is 11.1 Å². The van der Waals surface area contributed by atoms with Gasteiger partial charge in [0.15, 0.2) is 0 Å². The predicted octanol–water partition coefficient (Wildman–Crippen LogP) is 3.39. The quantitative estimate of drug-likeness (QED) is 0.490. The molecule has 0 saturated carbocycles. The summed E-state index contributed by atoms with van der Waals surface area (Å²) in [6.07, 6.45) is 1.81. The Morgan fingerprint density at radius 3 is 2.14 bits per heavy atom. The van der Waals surface area contributed by atoms with Gasteiger partial charge in [0.05, 0.1) is 6.21 Å². The van der Waals surface area contributed by atoms with Crippen LogP contribution in [0.4, 0.5) is 5.69 Å². The van der Waals surface area contributed by atoms with Gasteiger partial charge in [-0.05, 0) is 17.7 Å². The molecule has 0 heterocycles. The summed E-state index contributed by atoms with van der Waals surface area (Å²) in [6, 6.07) is 18.1. The highest BCUT2D eigenvalue weighted by Gasteiger charge is 2.04. The first-order valence-electron chi connectivity index (χ1n) is 6.72. The number of hydrogen-bond donors (Lipinski definition) is 0. The summed E-state index contributed by atoms with van der Waals surface area (Å²) >= 11 is 5.42. The third-order valence-corrected chi connectivity index (χ3v) is 3.60. The molecule has 2 aromatic carbocycles. The van der Waals surface area contributed by atoms with E-state index in [2.05, 4.69) is 22.1 Å². The summed E-state index contributed by atoms with van der Waals surface area (Å²) in [5.41, 5.74) is 3.21. The maximum absolute atomic E-state index is 5.42. The minimum Gasteiger partial charge on any atom is -0.378 e. The molecule has 0 aliphatic heterocycles. The van der Waals surface area contributed by atoms with E-state index >= 15 is 0 Å². The number of thiocarbonyl (C=S) groups is 1. The van der Waals surface area contributed by atoms with Crippen molar-refractivity contribution in [3.63, 3.8) is 0 Å². The number of hydrogen-bond acceptors (Lipinski definition) is 3. The standard InChI is InChI=1S/C17H19N3S/c1-19(2)16-11-9-14(10-12-16)13-18-20(3)17(21)15-7-5-4-6-8-15/h4-13H,1-3H3. The molecule has 108 valence electrons. The number of nitrogens with zero attached hydrogens (tertiary/aromatic N) is 3. The lowest BCUT2D eigenvalue weighted by Crippen LogP contribution is -2.20. The van der Waals surface area contributed by atoms with Gasteiger partial charge in [-0.2, -0.15) is 5.10 Å². The molecule has 0 atom stereocenters. The van der Waals surface area contributed by atoms with Crippen LogP contribution in [0.25, 0.3) is 0 Å². The molecule has 21 heavy (non-hydrogen) atoms. The molecule has 0 radical (unpaired) electrons. The first-order valence-corrected chi connectivity index (χ1v) is 7.13. The zero-order valence-electron chi connectivity index (χ0n) is 12.5. The normalized spacial score (nSPS) is 10.6.